The quantitative estimate of drug-likeness (QED) is 0.0744. The first-order chi connectivity index (χ1) is 33.0. The Bertz CT molecular complexity index is 1820. The first-order valence-corrected chi connectivity index (χ1v) is 25.9. The normalized spacial score (nSPS) is 51.5. The van der Waals surface area contributed by atoms with Crippen LogP contribution in [0.2, 0.25) is 0 Å². The molecule has 8 aliphatic rings. The highest BCUT2D eigenvalue weighted by atomic mass is 16.8. The van der Waals surface area contributed by atoms with Gasteiger partial charge in [0.15, 0.2) is 36.9 Å². The van der Waals surface area contributed by atoms with Crippen molar-refractivity contribution < 1.29 is 98.9 Å². The predicted molar refractivity (Wildman–Crippen MR) is 242 cm³/mol. The summed E-state index contributed by atoms with van der Waals surface area (Å²) in [5.74, 6) is -2.45. The Kier molecular flexibility index (Phi) is 16.6. The molecule has 20 nitrogen and oxygen atoms in total. The van der Waals surface area contributed by atoms with Crippen LogP contribution in [-0.4, -0.2) is 198 Å². The molecule has 4 saturated heterocycles. The van der Waals surface area contributed by atoms with E-state index in [0.717, 1.165) is 31.3 Å². The van der Waals surface area contributed by atoms with Crippen molar-refractivity contribution in [2.45, 2.75) is 222 Å². The monoisotopic (exact) mass is 1000 g/mol. The molecule has 0 bridgehead atoms. The van der Waals surface area contributed by atoms with Crippen molar-refractivity contribution in [2.24, 2.45) is 52.3 Å². The van der Waals surface area contributed by atoms with E-state index in [1.165, 1.54) is 6.92 Å². The molecule has 4 aliphatic heterocycles. The number of esters is 1. The third-order valence-corrected chi connectivity index (χ3v) is 18.7. The van der Waals surface area contributed by atoms with E-state index in [1.54, 1.807) is 6.92 Å². The summed E-state index contributed by atoms with van der Waals surface area (Å²) in [6.45, 7) is 12.8. The van der Waals surface area contributed by atoms with E-state index in [1.807, 2.05) is 13.8 Å². The van der Waals surface area contributed by atoms with Gasteiger partial charge in [-0.25, -0.2) is 4.79 Å². The van der Waals surface area contributed by atoms with Gasteiger partial charge in [-0.3, -0.25) is 0 Å². The van der Waals surface area contributed by atoms with E-state index in [9.17, 15) is 61.0 Å². The molecule has 11 N–H and O–H groups in total. The van der Waals surface area contributed by atoms with Gasteiger partial charge in [0.2, 0.25) is 0 Å². The second kappa shape index (κ2) is 21.3. The molecule has 0 amide bonds. The number of carbonyl (C=O) groups excluding carboxylic acids is 1. The first-order valence-electron chi connectivity index (χ1n) is 25.9. The molecule has 28 atom stereocenters. The number of hydrogen-bond acceptors (Lipinski definition) is 20. The van der Waals surface area contributed by atoms with Gasteiger partial charge < -0.3 is 94.1 Å². The minimum atomic E-state index is -1.74. The summed E-state index contributed by atoms with van der Waals surface area (Å²) >= 11 is 0. The molecule has 0 aromatic rings. The average Bonchev–Trinajstić information content (AvgIpc) is 3.77. The van der Waals surface area contributed by atoms with Crippen LogP contribution in [0.5, 0.6) is 0 Å². The highest BCUT2D eigenvalue weighted by Gasteiger charge is 2.69. The molecule has 0 unspecified atom stereocenters. The van der Waals surface area contributed by atoms with E-state index in [0.29, 0.717) is 25.7 Å². The Morgan fingerprint density at radius 1 is 0.871 bits per heavy atom. The maximum atomic E-state index is 13.0. The topological polar surface area (TPSA) is 313 Å². The van der Waals surface area contributed by atoms with Crippen molar-refractivity contribution >= 4 is 5.97 Å². The molecule has 4 aliphatic carbocycles. The summed E-state index contributed by atoms with van der Waals surface area (Å²) in [7, 11) is 0. The lowest BCUT2D eigenvalue weighted by atomic mass is 9.46. The largest absolute Gasteiger partial charge is 0.455 e. The fourth-order valence-corrected chi connectivity index (χ4v) is 14.1. The van der Waals surface area contributed by atoms with E-state index < -0.39 is 134 Å². The zero-order valence-corrected chi connectivity index (χ0v) is 41.6. The lowest BCUT2D eigenvalue weighted by Crippen LogP contribution is -2.64. The second-order valence-corrected chi connectivity index (χ2v) is 22.9. The van der Waals surface area contributed by atoms with Gasteiger partial charge in [0.25, 0.3) is 0 Å². The predicted octanol–water partition coefficient (Wildman–Crippen LogP) is -0.264. The van der Waals surface area contributed by atoms with Crippen molar-refractivity contribution in [3.8, 4) is 0 Å². The summed E-state index contributed by atoms with van der Waals surface area (Å²) in [5.41, 5.74) is 0.292. The lowest BCUT2D eigenvalue weighted by Gasteiger charge is -2.60. The molecule has 7 fully saturated rings. The van der Waals surface area contributed by atoms with Gasteiger partial charge in [0, 0.05) is 24.2 Å². The average molecular weight is 1000 g/mol. The first kappa shape index (κ1) is 54.7. The van der Waals surface area contributed by atoms with E-state index in [4.69, 9.17) is 37.9 Å². The number of allylic oxidation sites excluding steroid dienone is 1. The smallest absolute Gasteiger partial charge is 0.335 e. The van der Waals surface area contributed by atoms with Gasteiger partial charge in [-0.1, -0.05) is 59.6 Å². The summed E-state index contributed by atoms with van der Waals surface area (Å²) in [4.78, 5) is 13.0. The number of carbonyl (C=O) groups is 1. The Labute approximate surface area is 410 Å². The number of fused-ring (bicyclic) bond motifs is 7. The highest BCUT2D eigenvalue weighted by Crippen LogP contribution is 2.70. The summed E-state index contributed by atoms with van der Waals surface area (Å²) in [6.07, 6.45) is -15.5. The standard InChI is InChI=1S/C50H82O20/c1-8-22(3)35(53)44(61)66-32-20-64-47(43(38(32)56)69-46-42(60)39(57)36(54)24(5)65-46)68-33-16-26(52)15-25-9-10-27-28(49(25,33)7)12-13-48(6)29(27)17-30-34(48)23(4)50(62,70-30)14-11-21(2)19-63-45-41(59)40(58)37(55)31(18-51)67-45/h9,21-24,26-43,45-47,51-60,62H,8,10-20H2,1-7H3/t21-,22+,23+,24+,26-,27-,28+,29+,30+,31-,32+,33-,34+,35+,36+,37-,38+,39-,40+,41-,42-,43-,45-,46+,47+,48+,49+,50-/m1/s1. The van der Waals surface area contributed by atoms with Crippen LogP contribution in [0.1, 0.15) is 106 Å². The number of ether oxygens (including phenoxy) is 8. The molecule has 70 heavy (non-hydrogen) atoms. The zero-order valence-electron chi connectivity index (χ0n) is 41.6. The Morgan fingerprint density at radius 3 is 2.27 bits per heavy atom. The highest BCUT2D eigenvalue weighted by molar-refractivity contribution is 5.75. The van der Waals surface area contributed by atoms with Gasteiger partial charge in [-0.05, 0) is 86.4 Å². The molecule has 0 spiro atoms. The van der Waals surface area contributed by atoms with Crippen LogP contribution in [-0.2, 0) is 42.7 Å². The van der Waals surface area contributed by atoms with Gasteiger partial charge in [-0.2, -0.15) is 0 Å². The van der Waals surface area contributed by atoms with E-state index in [-0.39, 0.29) is 66.7 Å². The Morgan fingerprint density at radius 2 is 1.57 bits per heavy atom. The van der Waals surface area contributed by atoms with Gasteiger partial charge in [0.1, 0.15) is 54.9 Å². The van der Waals surface area contributed by atoms with Crippen molar-refractivity contribution in [3.05, 3.63) is 11.6 Å². The van der Waals surface area contributed by atoms with Gasteiger partial charge in [-0.15, -0.1) is 0 Å². The molecular weight excluding hydrogens is 921 g/mol. The third-order valence-electron chi connectivity index (χ3n) is 18.7. The van der Waals surface area contributed by atoms with Crippen molar-refractivity contribution in [1.29, 1.82) is 0 Å². The fourth-order valence-electron chi connectivity index (χ4n) is 14.1. The zero-order chi connectivity index (χ0) is 50.9. The molecule has 0 aromatic heterocycles. The molecule has 0 radical (unpaired) electrons. The Hall–Kier alpha value is -1.51. The molecule has 20 heteroatoms. The summed E-state index contributed by atoms with van der Waals surface area (Å²) in [6, 6.07) is 0. The molecule has 3 saturated carbocycles. The van der Waals surface area contributed by atoms with Gasteiger partial charge in [0.05, 0.1) is 44.2 Å². The minimum Gasteiger partial charge on any atom is -0.455 e. The fraction of sp³-hybridized carbons (Fsp3) is 0.940. The lowest BCUT2D eigenvalue weighted by molar-refractivity contribution is -0.363. The molecule has 4 heterocycles. The maximum Gasteiger partial charge on any atom is 0.335 e. The van der Waals surface area contributed by atoms with E-state index >= 15 is 0 Å². The van der Waals surface area contributed by atoms with Crippen LogP contribution in [0.4, 0.5) is 0 Å². The summed E-state index contributed by atoms with van der Waals surface area (Å²) in [5, 5.41) is 118. The van der Waals surface area contributed by atoms with Crippen LogP contribution >= 0.6 is 0 Å². The number of hydrogen-bond donors (Lipinski definition) is 11. The maximum absolute atomic E-state index is 13.0. The van der Waals surface area contributed by atoms with Crippen molar-refractivity contribution in [1.82, 2.24) is 0 Å². The number of rotatable bonds is 15. The molecule has 0 aromatic carbocycles. The minimum absolute atomic E-state index is 0.0746. The number of aliphatic hydroxyl groups excluding tert-OH is 10. The summed E-state index contributed by atoms with van der Waals surface area (Å²) < 4.78 is 48.8. The molecule has 8 rings (SSSR count). The van der Waals surface area contributed by atoms with Crippen molar-refractivity contribution in [3.63, 3.8) is 0 Å². The Balaban J connectivity index is 0.959. The third kappa shape index (κ3) is 9.81. The second-order valence-electron chi connectivity index (χ2n) is 22.9. The van der Waals surface area contributed by atoms with Crippen LogP contribution in [0.3, 0.4) is 0 Å². The van der Waals surface area contributed by atoms with Crippen LogP contribution < -0.4 is 0 Å². The molecular formula is C50H82O20. The van der Waals surface area contributed by atoms with Crippen molar-refractivity contribution in [2.75, 3.05) is 19.8 Å². The number of aliphatic hydroxyl groups is 11. The van der Waals surface area contributed by atoms with Crippen LogP contribution in [0.15, 0.2) is 11.6 Å². The SMILES string of the molecule is CC[C@H](C)[C@H](O)C(=O)O[C@H]1CO[C@@H](O[C@@H]2C[C@H](O)CC3=CC[C@H]4[C@@H]5C[C@@H]6O[C@](O)(CC[C@@H](C)CO[C@@H]7O[C@H](CO)[C@@H](O)[C@H](O)[C@H]7O)[C@@H](C)[C@@H]6[C@@]5(C)CC[C@@H]4[C@]32C)[C@H](O[C@@H]2O[C@@H](C)[C@H](O)[C@@H](O)[C@H]2O)[C@H]1O. The van der Waals surface area contributed by atoms with Gasteiger partial charge >= 0.3 is 5.97 Å². The van der Waals surface area contributed by atoms with E-state index in [2.05, 4.69) is 26.8 Å². The molecule has 402 valence electrons. The van der Waals surface area contributed by atoms with Crippen LogP contribution in [0.25, 0.3) is 0 Å². The van der Waals surface area contributed by atoms with Crippen LogP contribution in [0, 0.1) is 52.3 Å².